The van der Waals surface area contributed by atoms with E-state index in [2.05, 4.69) is 29.0 Å². The van der Waals surface area contributed by atoms with E-state index in [1.807, 2.05) is 0 Å². The van der Waals surface area contributed by atoms with Crippen LogP contribution in [0.25, 0.3) is 10.9 Å². The molecule has 124 valence electrons. The number of rotatable bonds is 4. The molecule has 1 fully saturated rings. The number of carbonyl (C=O) groups excluding carboxylic acids is 1. The predicted octanol–water partition coefficient (Wildman–Crippen LogP) is 2.84. The molecule has 1 aliphatic heterocycles. The van der Waals surface area contributed by atoms with E-state index in [1.165, 1.54) is 12.1 Å². The molecule has 23 heavy (non-hydrogen) atoms. The zero-order valence-corrected chi connectivity index (χ0v) is 13.7. The molecule has 1 saturated heterocycles. The molecule has 2 aromatic rings. The van der Waals surface area contributed by atoms with Crippen molar-refractivity contribution in [1.82, 2.24) is 15.2 Å². The van der Waals surface area contributed by atoms with Gasteiger partial charge in [-0.3, -0.25) is 4.79 Å². The summed E-state index contributed by atoms with van der Waals surface area (Å²) in [5, 5.41) is 4.05. The van der Waals surface area contributed by atoms with Crippen molar-refractivity contribution in [1.29, 1.82) is 0 Å². The zero-order chi connectivity index (χ0) is 16.4. The lowest BCUT2D eigenvalue weighted by molar-refractivity contribution is -0.121. The Balaban J connectivity index is 1.57. The van der Waals surface area contributed by atoms with Crippen molar-refractivity contribution in [3.05, 3.63) is 35.8 Å². The van der Waals surface area contributed by atoms with Crippen molar-refractivity contribution < 1.29 is 9.18 Å². The van der Waals surface area contributed by atoms with E-state index in [9.17, 15) is 9.18 Å². The standard InChI is InChI=1S/C18H24FN3O/c1-12(2)22-7-5-15(6-8-22)21-18(23)9-13-11-20-17-10-14(19)3-4-16(13)17/h3-4,10-12,15,20H,5-9H2,1-2H3,(H,21,23). The van der Waals surface area contributed by atoms with E-state index in [0.29, 0.717) is 12.5 Å². The molecule has 0 bridgehead atoms. The van der Waals surface area contributed by atoms with Crippen LogP contribution in [0, 0.1) is 5.82 Å². The lowest BCUT2D eigenvalue weighted by Gasteiger charge is -2.34. The number of amides is 1. The van der Waals surface area contributed by atoms with Gasteiger partial charge in [0, 0.05) is 42.3 Å². The number of benzene rings is 1. The van der Waals surface area contributed by atoms with Gasteiger partial charge in [-0.2, -0.15) is 0 Å². The van der Waals surface area contributed by atoms with Crippen molar-refractivity contribution in [3.63, 3.8) is 0 Å². The zero-order valence-electron chi connectivity index (χ0n) is 13.7. The molecular formula is C18H24FN3O. The summed E-state index contributed by atoms with van der Waals surface area (Å²) in [4.78, 5) is 17.8. The molecule has 4 nitrogen and oxygen atoms in total. The molecule has 0 saturated carbocycles. The minimum Gasteiger partial charge on any atom is -0.361 e. The third kappa shape index (κ3) is 3.72. The smallest absolute Gasteiger partial charge is 0.224 e. The van der Waals surface area contributed by atoms with E-state index in [4.69, 9.17) is 0 Å². The van der Waals surface area contributed by atoms with Crippen LogP contribution in [0.2, 0.25) is 0 Å². The van der Waals surface area contributed by atoms with Crippen LogP contribution in [0.3, 0.4) is 0 Å². The van der Waals surface area contributed by atoms with Crippen LogP contribution in [0.1, 0.15) is 32.3 Å². The molecule has 1 amide bonds. The number of likely N-dealkylation sites (tertiary alicyclic amines) is 1. The molecule has 3 rings (SSSR count). The topological polar surface area (TPSA) is 48.1 Å². The second-order valence-electron chi connectivity index (χ2n) is 6.65. The Morgan fingerprint density at radius 3 is 2.83 bits per heavy atom. The number of fused-ring (bicyclic) bond motifs is 1. The van der Waals surface area contributed by atoms with E-state index in [-0.39, 0.29) is 17.8 Å². The van der Waals surface area contributed by atoms with Gasteiger partial charge in [0.25, 0.3) is 0 Å². The van der Waals surface area contributed by atoms with Crippen LogP contribution in [0.4, 0.5) is 4.39 Å². The molecule has 1 aromatic heterocycles. The SMILES string of the molecule is CC(C)N1CCC(NC(=O)Cc2c[nH]c3cc(F)ccc23)CC1. The number of hydrogen-bond acceptors (Lipinski definition) is 2. The van der Waals surface area contributed by atoms with Gasteiger partial charge in [-0.25, -0.2) is 4.39 Å². The molecule has 1 aromatic carbocycles. The highest BCUT2D eigenvalue weighted by Crippen LogP contribution is 2.20. The van der Waals surface area contributed by atoms with Gasteiger partial charge >= 0.3 is 0 Å². The fourth-order valence-electron chi connectivity index (χ4n) is 3.32. The molecule has 0 spiro atoms. The Bertz CT molecular complexity index is 687. The van der Waals surface area contributed by atoms with Gasteiger partial charge in [-0.15, -0.1) is 0 Å². The predicted molar refractivity (Wildman–Crippen MR) is 89.8 cm³/mol. The molecule has 2 heterocycles. The number of nitrogens with zero attached hydrogens (tertiary/aromatic N) is 1. The lowest BCUT2D eigenvalue weighted by Crippen LogP contribution is -2.46. The van der Waals surface area contributed by atoms with Crippen molar-refractivity contribution in [2.45, 2.75) is 45.2 Å². The van der Waals surface area contributed by atoms with Gasteiger partial charge in [-0.1, -0.05) is 0 Å². The van der Waals surface area contributed by atoms with E-state index < -0.39 is 0 Å². The maximum Gasteiger partial charge on any atom is 0.224 e. The average molecular weight is 317 g/mol. The van der Waals surface area contributed by atoms with E-state index >= 15 is 0 Å². The van der Waals surface area contributed by atoms with Crippen molar-refractivity contribution in [2.75, 3.05) is 13.1 Å². The summed E-state index contributed by atoms with van der Waals surface area (Å²) in [5.74, 6) is -0.231. The third-order valence-electron chi connectivity index (χ3n) is 4.71. The first-order valence-corrected chi connectivity index (χ1v) is 8.32. The van der Waals surface area contributed by atoms with E-state index in [0.717, 1.165) is 42.4 Å². The Labute approximate surface area is 136 Å². The molecule has 1 aliphatic rings. The Morgan fingerprint density at radius 2 is 2.13 bits per heavy atom. The second kappa shape index (κ2) is 6.71. The van der Waals surface area contributed by atoms with Crippen LogP contribution in [-0.4, -0.2) is 41.0 Å². The number of aromatic amines is 1. The second-order valence-corrected chi connectivity index (χ2v) is 6.65. The fourth-order valence-corrected chi connectivity index (χ4v) is 3.32. The first-order valence-electron chi connectivity index (χ1n) is 8.32. The number of carbonyl (C=O) groups is 1. The Kier molecular flexibility index (Phi) is 4.66. The van der Waals surface area contributed by atoms with Gasteiger partial charge < -0.3 is 15.2 Å². The van der Waals surface area contributed by atoms with Crippen molar-refractivity contribution in [2.24, 2.45) is 0 Å². The third-order valence-corrected chi connectivity index (χ3v) is 4.71. The molecule has 0 radical (unpaired) electrons. The van der Waals surface area contributed by atoms with Crippen LogP contribution in [0.15, 0.2) is 24.4 Å². The summed E-state index contributed by atoms with van der Waals surface area (Å²) in [6, 6.07) is 5.45. The molecule has 0 atom stereocenters. The number of halogens is 1. The lowest BCUT2D eigenvalue weighted by atomic mass is 10.0. The summed E-state index contributed by atoms with van der Waals surface area (Å²) in [6.45, 7) is 6.49. The minimum absolute atomic E-state index is 0.0400. The van der Waals surface area contributed by atoms with Gasteiger partial charge in [0.1, 0.15) is 5.82 Å². The summed E-state index contributed by atoms with van der Waals surface area (Å²) in [5.41, 5.74) is 1.65. The first kappa shape index (κ1) is 16.0. The van der Waals surface area contributed by atoms with Gasteiger partial charge in [0.15, 0.2) is 0 Å². The normalized spacial score (nSPS) is 17.0. The number of hydrogen-bond donors (Lipinski definition) is 2. The molecular weight excluding hydrogens is 293 g/mol. The summed E-state index contributed by atoms with van der Waals surface area (Å²) < 4.78 is 13.2. The monoisotopic (exact) mass is 317 g/mol. The van der Waals surface area contributed by atoms with Crippen molar-refractivity contribution >= 4 is 16.8 Å². The van der Waals surface area contributed by atoms with Crippen LogP contribution < -0.4 is 5.32 Å². The van der Waals surface area contributed by atoms with Crippen LogP contribution in [0.5, 0.6) is 0 Å². The van der Waals surface area contributed by atoms with Crippen LogP contribution >= 0.6 is 0 Å². The summed E-state index contributed by atoms with van der Waals surface area (Å²) in [6.07, 6.45) is 4.13. The quantitative estimate of drug-likeness (QED) is 0.911. The fraction of sp³-hybridized carbons (Fsp3) is 0.500. The maximum atomic E-state index is 13.2. The highest BCUT2D eigenvalue weighted by atomic mass is 19.1. The number of aromatic nitrogens is 1. The largest absolute Gasteiger partial charge is 0.361 e. The number of piperidine rings is 1. The van der Waals surface area contributed by atoms with E-state index in [1.54, 1.807) is 12.3 Å². The molecule has 2 N–H and O–H groups in total. The molecule has 0 aliphatic carbocycles. The Morgan fingerprint density at radius 1 is 1.39 bits per heavy atom. The highest BCUT2D eigenvalue weighted by Gasteiger charge is 2.22. The maximum absolute atomic E-state index is 13.2. The summed E-state index contributed by atoms with van der Waals surface area (Å²) in [7, 11) is 0. The Hall–Kier alpha value is -1.88. The molecule has 5 heteroatoms. The van der Waals surface area contributed by atoms with Crippen molar-refractivity contribution in [3.8, 4) is 0 Å². The van der Waals surface area contributed by atoms with Gasteiger partial charge in [0.05, 0.1) is 6.42 Å². The van der Waals surface area contributed by atoms with Gasteiger partial charge in [-0.05, 0) is 50.5 Å². The van der Waals surface area contributed by atoms with Gasteiger partial charge in [0.2, 0.25) is 5.91 Å². The molecule has 0 unspecified atom stereocenters. The average Bonchev–Trinajstić information content (AvgIpc) is 2.89. The highest BCUT2D eigenvalue weighted by molar-refractivity contribution is 5.89. The number of H-pyrrole nitrogens is 1. The summed E-state index contributed by atoms with van der Waals surface area (Å²) >= 11 is 0. The first-order chi connectivity index (χ1) is 11.0. The number of nitrogens with one attached hydrogen (secondary N) is 2. The minimum atomic E-state index is -0.271. The van der Waals surface area contributed by atoms with Crippen LogP contribution in [-0.2, 0) is 11.2 Å².